The lowest BCUT2D eigenvalue weighted by molar-refractivity contribution is -0.118. The first-order valence-electron chi connectivity index (χ1n) is 7.95. The fourth-order valence-electron chi connectivity index (χ4n) is 2.67. The van der Waals surface area contributed by atoms with Crippen LogP contribution in [0.2, 0.25) is 0 Å². The monoisotopic (exact) mass is 342 g/mol. The van der Waals surface area contributed by atoms with Gasteiger partial charge in [-0.3, -0.25) is 4.79 Å². The maximum Gasteiger partial charge on any atom is 0.243 e. The number of hydrogen-bond acceptors (Lipinski definition) is 4. The molecular formula is C17H27ClN2O3. The number of nitrogens with one attached hydrogen (secondary N) is 1. The van der Waals surface area contributed by atoms with Crippen molar-refractivity contribution in [1.82, 2.24) is 0 Å². The van der Waals surface area contributed by atoms with Crippen molar-refractivity contribution in [3.8, 4) is 0 Å². The Bertz CT molecular complexity index is 479. The van der Waals surface area contributed by atoms with Gasteiger partial charge in [-0.1, -0.05) is 31.4 Å². The molecule has 1 aliphatic rings. The third-order valence-electron chi connectivity index (χ3n) is 3.92. The Morgan fingerprint density at radius 1 is 1.35 bits per heavy atom. The predicted octanol–water partition coefficient (Wildman–Crippen LogP) is 2.87. The lowest BCUT2D eigenvalue weighted by atomic mass is 9.98. The second-order valence-electron chi connectivity index (χ2n) is 5.82. The van der Waals surface area contributed by atoms with E-state index in [1.54, 1.807) is 0 Å². The van der Waals surface area contributed by atoms with Crippen molar-refractivity contribution >= 4 is 24.0 Å². The number of rotatable bonds is 7. The number of carbonyl (C=O) groups excluding carboxylic acids is 1. The highest BCUT2D eigenvalue weighted by atomic mass is 35.5. The second kappa shape index (κ2) is 10.6. The minimum absolute atomic E-state index is 0. The summed E-state index contributed by atoms with van der Waals surface area (Å²) in [6.07, 6.45) is 6.53. The number of halogens is 1. The standard InChI is InChI=1S/C17H26N2O3.ClH/c1-21-12-16(18)17(20)19-14-7-5-6-13(10-14)11-22-15-8-3-2-4-9-15;/h5-7,10,15-16H,2-4,8-9,11-12,18H2,1H3,(H,19,20);1H. The highest BCUT2D eigenvalue weighted by molar-refractivity contribution is 5.94. The van der Waals surface area contributed by atoms with E-state index in [0.29, 0.717) is 12.7 Å². The summed E-state index contributed by atoms with van der Waals surface area (Å²) in [5.41, 5.74) is 7.50. The first-order valence-corrected chi connectivity index (χ1v) is 7.95. The van der Waals surface area contributed by atoms with Crippen LogP contribution in [-0.4, -0.2) is 31.8 Å². The van der Waals surface area contributed by atoms with Crippen molar-refractivity contribution in [2.45, 2.75) is 50.9 Å². The molecule has 0 saturated heterocycles. The summed E-state index contributed by atoms with van der Waals surface area (Å²) in [4.78, 5) is 11.9. The number of benzene rings is 1. The molecule has 6 heteroatoms. The summed E-state index contributed by atoms with van der Waals surface area (Å²) in [7, 11) is 1.52. The smallest absolute Gasteiger partial charge is 0.243 e. The summed E-state index contributed by atoms with van der Waals surface area (Å²) < 4.78 is 10.8. The Balaban J connectivity index is 0.00000264. The van der Waals surface area contributed by atoms with Gasteiger partial charge in [0, 0.05) is 12.8 Å². The van der Waals surface area contributed by atoms with E-state index in [1.165, 1.54) is 26.4 Å². The average molecular weight is 343 g/mol. The van der Waals surface area contributed by atoms with Crippen molar-refractivity contribution < 1.29 is 14.3 Å². The van der Waals surface area contributed by atoms with Crippen molar-refractivity contribution in [2.75, 3.05) is 19.0 Å². The summed E-state index contributed by atoms with van der Waals surface area (Å²) in [6.45, 7) is 0.787. The number of ether oxygens (including phenoxy) is 2. The molecule has 0 spiro atoms. The molecule has 130 valence electrons. The molecule has 1 aromatic rings. The fourth-order valence-corrected chi connectivity index (χ4v) is 2.67. The van der Waals surface area contributed by atoms with Gasteiger partial charge in [0.15, 0.2) is 0 Å². The van der Waals surface area contributed by atoms with Crippen LogP contribution < -0.4 is 11.1 Å². The zero-order chi connectivity index (χ0) is 15.8. The molecule has 1 aromatic carbocycles. The molecule has 1 amide bonds. The highest BCUT2D eigenvalue weighted by Crippen LogP contribution is 2.22. The van der Waals surface area contributed by atoms with Crippen LogP contribution in [0, 0.1) is 0 Å². The summed E-state index contributed by atoms with van der Waals surface area (Å²) >= 11 is 0. The Kier molecular flexibility index (Phi) is 9.17. The van der Waals surface area contributed by atoms with Crippen molar-refractivity contribution in [1.29, 1.82) is 0 Å². The van der Waals surface area contributed by atoms with E-state index in [2.05, 4.69) is 5.32 Å². The van der Waals surface area contributed by atoms with Gasteiger partial charge in [-0.25, -0.2) is 0 Å². The SMILES string of the molecule is COCC(N)C(=O)Nc1cccc(COC2CCCCC2)c1.Cl. The molecule has 1 fully saturated rings. The van der Waals surface area contributed by atoms with E-state index in [-0.39, 0.29) is 24.9 Å². The number of methoxy groups -OCH3 is 1. The molecule has 2 rings (SSSR count). The number of hydrogen-bond donors (Lipinski definition) is 2. The summed E-state index contributed by atoms with van der Waals surface area (Å²) in [5.74, 6) is -0.243. The van der Waals surface area contributed by atoms with Gasteiger partial charge in [0.05, 0.1) is 19.3 Å². The van der Waals surface area contributed by atoms with Gasteiger partial charge in [-0.2, -0.15) is 0 Å². The predicted molar refractivity (Wildman–Crippen MR) is 93.8 cm³/mol. The zero-order valence-electron chi connectivity index (χ0n) is 13.6. The molecule has 23 heavy (non-hydrogen) atoms. The average Bonchev–Trinajstić information content (AvgIpc) is 2.54. The first kappa shape index (κ1) is 19.9. The van der Waals surface area contributed by atoms with Gasteiger partial charge in [-0.05, 0) is 30.5 Å². The molecule has 1 saturated carbocycles. The molecule has 0 heterocycles. The van der Waals surface area contributed by atoms with Gasteiger partial charge in [0.1, 0.15) is 6.04 Å². The van der Waals surface area contributed by atoms with E-state index in [4.69, 9.17) is 15.2 Å². The molecule has 0 aromatic heterocycles. The normalized spacial score (nSPS) is 16.4. The summed E-state index contributed by atoms with van der Waals surface area (Å²) in [5, 5.41) is 2.81. The Morgan fingerprint density at radius 3 is 2.78 bits per heavy atom. The molecule has 3 N–H and O–H groups in total. The van der Waals surface area contributed by atoms with E-state index >= 15 is 0 Å². The second-order valence-corrected chi connectivity index (χ2v) is 5.82. The van der Waals surface area contributed by atoms with Crippen molar-refractivity contribution in [3.05, 3.63) is 29.8 Å². The molecule has 5 nitrogen and oxygen atoms in total. The Labute approximate surface area is 144 Å². The molecule has 0 aliphatic heterocycles. The third kappa shape index (κ3) is 6.87. The van der Waals surface area contributed by atoms with Crippen LogP contribution in [0.25, 0.3) is 0 Å². The van der Waals surface area contributed by atoms with Gasteiger partial charge in [0.2, 0.25) is 5.91 Å². The van der Waals surface area contributed by atoms with Crippen molar-refractivity contribution in [3.63, 3.8) is 0 Å². The van der Waals surface area contributed by atoms with Gasteiger partial charge < -0.3 is 20.5 Å². The molecule has 0 radical (unpaired) electrons. The largest absolute Gasteiger partial charge is 0.383 e. The van der Waals surface area contributed by atoms with Crippen LogP contribution in [0.3, 0.4) is 0 Å². The third-order valence-corrected chi connectivity index (χ3v) is 3.92. The van der Waals surface area contributed by atoms with Crippen LogP contribution in [0.15, 0.2) is 24.3 Å². The van der Waals surface area contributed by atoms with E-state index in [1.807, 2.05) is 24.3 Å². The minimum atomic E-state index is -0.660. The van der Waals surface area contributed by atoms with Crippen LogP contribution in [0.1, 0.15) is 37.7 Å². The number of carbonyl (C=O) groups is 1. The lowest BCUT2D eigenvalue weighted by Gasteiger charge is -2.22. The van der Waals surface area contributed by atoms with Crippen LogP contribution in [0.5, 0.6) is 0 Å². The lowest BCUT2D eigenvalue weighted by Crippen LogP contribution is -2.39. The van der Waals surface area contributed by atoms with Gasteiger partial charge in [-0.15, -0.1) is 12.4 Å². The zero-order valence-corrected chi connectivity index (χ0v) is 14.4. The minimum Gasteiger partial charge on any atom is -0.383 e. The van der Waals surface area contributed by atoms with Crippen molar-refractivity contribution in [2.24, 2.45) is 5.73 Å². The molecule has 1 unspecified atom stereocenters. The highest BCUT2D eigenvalue weighted by Gasteiger charge is 2.15. The van der Waals surface area contributed by atoms with Gasteiger partial charge >= 0.3 is 0 Å². The summed E-state index contributed by atoms with van der Waals surface area (Å²) in [6, 6.07) is 7.04. The fraction of sp³-hybridized carbons (Fsp3) is 0.588. The maximum atomic E-state index is 11.9. The molecule has 1 aliphatic carbocycles. The molecule has 1 atom stereocenters. The molecule has 0 bridgehead atoms. The topological polar surface area (TPSA) is 73.6 Å². The molecular weight excluding hydrogens is 316 g/mol. The van der Waals surface area contributed by atoms with Crippen LogP contribution in [-0.2, 0) is 20.9 Å². The Hall–Kier alpha value is -1.14. The quantitative estimate of drug-likeness (QED) is 0.799. The number of amides is 1. The number of nitrogens with two attached hydrogens (primary N) is 1. The van der Waals surface area contributed by atoms with Crippen LogP contribution >= 0.6 is 12.4 Å². The van der Waals surface area contributed by atoms with Gasteiger partial charge in [0.25, 0.3) is 0 Å². The first-order chi connectivity index (χ1) is 10.7. The Morgan fingerprint density at radius 2 is 2.09 bits per heavy atom. The number of anilines is 1. The maximum absolute atomic E-state index is 11.9. The van der Waals surface area contributed by atoms with Crippen LogP contribution in [0.4, 0.5) is 5.69 Å². The van der Waals surface area contributed by atoms with E-state index in [9.17, 15) is 4.79 Å². The van der Waals surface area contributed by atoms with E-state index in [0.717, 1.165) is 24.1 Å². The van der Waals surface area contributed by atoms with E-state index < -0.39 is 6.04 Å².